The number of ether oxygens (including phenoxy) is 1. The van der Waals surface area contributed by atoms with Crippen LogP contribution in [0.2, 0.25) is 0 Å². The molecule has 0 atom stereocenters. The zero-order valence-corrected chi connectivity index (χ0v) is 9.65. The molecule has 0 saturated heterocycles. The van der Waals surface area contributed by atoms with Crippen molar-refractivity contribution in [1.29, 1.82) is 0 Å². The van der Waals surface area contributed by atoms with E-state index >= 15 is 0 Å². The molecule has 19 heavy (non-hydrogen) atoms. The summed E-state index contributed by atoms with van der Waals surface area (Å²) in [5.74, 6) is -0.270. The van der Waals surface area contributed by atoms with Crippen molar-refractivity contribution in [2.24, 2.45) is 0 Å². The second kappa shape index (κ2) is 5.14. The summed E-state index contributed by atoms with van der Waals surface area (Å²) in [6.07, 6.45) is -4.07. The quantitative estimate of drug-likeness (QED) is 0.783. The van der Waals surface area contributed by atoms with Gasteiger partial charge in [-0.3, -0.25) is 4.79 Å². The van der Waals surface area contributed by atoms with E-state index < -0.39 is 6.36 Å². The number of para-hydroxylation sites is 1. The van der Waals surface area contributed by atoms with Crippen LogP contribution in [0.5, 0.6) is 5.75 Å². The van der Waals surface area contributed by atoms with Crippen molar-refractivity contribution in [1.82, 2.24) is 0 Å². The summed E-state index contributed by atoms with van der Waals surface area (Å²) in [7, 11) is 0. The van der Waals surface area contributed by atoms with Crippen molar-refractivity contribution in [3.05, 3.63) is 54.1 Å². The van der Waals surface area contributed by atoms with Gasteiger partial charge in [0.25, 0.3) is 0 Å². The molecular weight excluding hydrogens is 257 g/mol. The molecular formula is C14H9F3O2. The monoisotopic (exact) mass is 266 g/mol. The lowest BCUT2D eigenvalue weighted by molar-refractivity contribution is -0.274. The predicted molar refractivity (Wildman–Crippen MR) is 63.9 cm³/mol. The highest BCUT2D eigenvalue weighted by atomic mass is 19.4. The third kappa shape index (κ3) is 3.34. The van der Waals surface area contributed by atoms with Gasteiger partial charge in [-0.15, -0.1) is 13.2 Å². The van der Waals surface area contributed by atoms with Gasteiger partial charge in [0.1, 0.15) is 12.0 Å². The molecule has 0 saturated carbocycles. The molecule has 0 aliphatic heterocycles. The van der Waals surface area contributed by atoms with Gasteiger partial charge in [0.05, 0.1) is 0 Å². The summed E-state index contributed by atoms with van der Waals surface area (Å²) in [4.78, 5) is 10.5. The maximum absolute atomic E-state index is 12.3. The number of carbonyl (C=O) groups is 1. The third-order valence-corrected chi connectivity index (χ3v) is 2.47. The topological polar surface area (TPSA) is 26.3 Å². The molecule has 0 heterocycles. The molecule has 0 aliphatic carbocycles. The van der Waals surface area contributed by atoms with E-state index in [-0.39, 0.29) is 5.75 Å². The molecule has 5 heteroatoms. The standard InChI is InChI=1S/C14H9F3O2/c15-14(16,17)19-13-4-2-1-3-12(13)11-7-5-10(9-18)6-8-11/h1-9H. The summed E-state index contributed by atoms with van der Waals surface area (Å²) in [5.41, 5.74) is 1.32. The van der Waals surface area contributed by atoms with Crippen molar-refractivity contribution in [2.75, 3.05) is 0 Å². The minimum Gasteiger partial charge on any atom is -0.405 e. The first-order valence-electron chi connectivity index (χ1n) is 5.40. The van der Waals surface area contributed by atoms with Crippen LogP contribution in [-0.4, -0.2) is 12.6 Å². The van der Waals surface area contributed by atoms with Crippen LogP contribution in [0.1, 0.15) is 10.4 Å². The number of benzene rings is 2. The smallest absolute Gasteiger partial charge is 0.405 e. The normalized spacial score (nSPS) is 11.1. The molecule has 0 aliphatic rings. The highest BCUT2D eigenvalue weighted by molar-refractivity contribution is 5.78. The van der Waals surface area contributed by atoms with Gasteiger partial charge in [-0.1, -0.05) is 42.5 Å². The van der Waals surface area contributed by atoms with Crippen molar-refractivity contribution < 1.29 is 22.7 Å². The van der Waals surface area contributed by atoms with Gasteiger partial charge in [-0.2, -0.15) is 0 Å². The van der Waals surface area contributed by atoms with E-state index in [9.17, 15) is 18.0 Å². The van der Waals surface area contributed by atoms with Gasteiger partial charge in [0.2, 0.25) is 0 Å². The molecule has 0 unspecified atom stereocenters. The Bertz CT molecular complexity index is 574. The molecule has 0 fully saturated rings. The Balaban J connectivity index is 2.40. The molecule has 98 valence electrons. The number of hydrogen-bond donors (Lipinski definition) is 0. The van der Waals surface area contributed by atoms with E-state index in [1.54, 1.807) is 18.2 Å². The van der Waals surface area contributed by atoms with E-state index in [1.807, 2.05) is 0 Å². The fraction of sp³-hybridized carbons (Fsp3) is 0.0714. The van der Waals surface area contributed by atoms with E-state index in [0.717, 1.165) is 0 Å². The second-order valence-corrected chi connectivity index (χ2v) is 3.78. The Morgan fingerprint density at radius 3 is 2.16 bits per heavy atom. The highest BCUT2D eigenvalue weighted by Crippen LogP contribution is 2.33. The first-order chi connectivity index (χ1) is 8.99. The molecule has 2 nitrogen and oxygen atoms in total. The summed E-state index contributed by atoms with van der Waals surface area (Å²) in [6.45, 7) is 0. The van der Waals surface area contributed by atoms with E-state index in [0.29, 0.717) is 23.0 Å². The molecule has 2 rings (SSSR count). The van der Waals surface area contributed by atoms with Crippen LogP contribution in [0, 0.1) is 0 Å². The van der Waals surface area contributed by atoms with Gasteiger partial charge in [0.15, 0.2) is 0 Å². The average molecular weight is 266 g/mol. The molecule has 0 radical (unpaired) electrons. The Morgan fingerprint density at radius 2 is 1.58 bits per heavy atom. The maximum Gasteiger partial charge on any atom is 0.573 e. The molecule has 0 N–H and O–H groups in total. The van der Waals surface area contributed by atoms with Gasteiger partial charge >= 0.3 is 6.36 Å². The molecule has 0 aromatic heterocycles. The largest absolute Gasteiger partial charge is 0.573 e. The Hall–Kier alpha value is -2.30. The summed E-state index contributed by atoms with van der Waals surface area (Å²) < 4.78 is 40.8. The average Bonchev–Trinajstić information content (AvgIpc) is 2.38. The van der Waals surface area contributed by atoms with Crippen molar-refractivity contribution >= 4 is 6.29 Å². The van der Waals surface area contributed by atoms with Crippen LogP contribution in [0.15, 0.2) is 48.5 Å². The highest BCUT2D eigenvalue weighted by Gasteiger charge is 2.32. The van der Waals surface area contributed by atoms with Crippen molar-refractivity contribution in [3.63, 3.8) is 0 Å². The van der Waals surface area contributed by atoms with E-state index in [4.69, 9.17) is 0 Å². The number of hydrogen-bond acceptors (Lipinski definition) is 2. The number of alkyl halides is 3. The number of aldehydes is 1. The summed E-state index contributed by atoms with van der Waals surface area (Å²) in [5, 5.41) is 0. The number of rotatable bonds is 3. The lowest BCUT2D eigenvalue weighted by atomic mass is 10.0. The molecule has 2 aromatic rings. The van der Waals surface area contributed by atoms with Crippen LogP contribution in [0.3, 0.4) is 0 Å². The van der Waals surface area contributed by atoms with Gasteiger partial charge in [-0.05, 0) is 11.6 Å². The van der Waals surface area contributed by atoms with Crippen LogP contribution in [-0.2, 0) is 0 Å². The predicted octanol–water partition coefficient (Wildman–Crippen LogP) is 4.06. The maximum atomic E-state index is 12.3. The molecule has 0 bridgehead atoms. The van der Waals surface area contributed by atoms with Crippen LogP contribution >= 0.6 is 0 Å². The van der Waals surface area contributed by atoms with Gasteiger partial charge < -0.3 is 4.74 Å². The number of halogens is 3. The fourth-order valence-corrected chi connectivity index (χ4v) is 1.66. The summed E-state index contributed by atoms with van der Waals surface area (Å²) >= 11 is 0. The SMILES string of the molecule is O=Cc1ccc(-c2ccccc2OC(F)(F)F)cc1. The Kier molecular flexibility index (Phi) is 3.55. The first-order valence-corrected chi connectivity index (χ1v) is 5.40. The third-order valence-electron chi connectivity index (χ3n) is 2.47. The van der Waals surface area contributed by atoms with Crippen molar-refractivity contribution in [3.8, 4) is 16.9 Å². The van der Waals surface area contributed by atoms with E-state index in [2.05, 4.69) is 4.74 Å². The number of carbonyl (C=O) groups excluding carboxylic acids is 1. The van der Waals surface area contributed by atoms with Crippen molar-refractivity contribution in [2.45, 2.75) is 6.36 Å². The fourth-order valence-electron chi connectivity index (χ4n) is 1.66. The lowest BCUT2D eigenvalue weighted by Gasteiger charge is -2.13. The zero-order valence-electron chi connectivity index (χ0n) is 9.65. The molecule has 0 spiro atoms. The lowest BCUT2D eigenvalue weighted by Crippen LogP contribution is -2.17. The van der Waals surface area contributed by atoms with Gasteiger partial charge in [0, 0.05) is 11.1 Å². The second-order valence-electron chi connectivity index (χ2n) is 3.78. The van der Waals surface area contributed by atoms with E-state index in [1.165, 1.54) is 30.3 Å². The zero-order chi connectivity index (χ0) is 13.9. The molecule has 2 aromatic carbocycles. The minimum absolute atomic E-state index is 0.270. The van der Waals surface area contributed by atoms with Crippen LogP contribution < -0.4 is 4.74 Å². The van der Waals surface area contributed by atoms with Crippen LogP contribution in [0.25, 0.3) is 11.1 Å². The Labute approximate surface area is 107 Å². The summed E-state index contributed by atoms with van der Waals surface area (Å²) in [6, 6.07) is 12.1. The molecule has 0 amide bonds. The first kappa shape index (κ1) is 13.1. The van der Waals surface area contributed by atoms with Gasteiger partial charge in [-0.25, -0.2) is 0 Å². The Morgan fingerprint density at radius 1 is 0.947 bits per heavy atom. The minimum atomic E-state index is -4.74. The van der Waals surface area contributed by atoms with Crippen LogP contribution in [0.4, 0.5) is 13.2 Å².